The normalized spacial score (nSPS) is 9.75. The van der Waals surface area contributed by atoms with Crippen LogP contribution in [0.15, 0.2) is 0 Å². The van der Waals surface area contributed by atoms with E-state index in [1.807, 2.05) is 0 Å². The zero-order chi connectivity index (χ0) is 6.24. The van der Waals surface area contributed by atoms with Crippen LogP contribution in [0.25, 0.3) is 0 Å². The fourth-order valence-corrected chi connectivity index (χ4v) is 0.866. The first-order valence-electron chi connectivity index (χ1n) is 3.32. The molecule has 0 aliphatic carbocycles. The van der Waals surface area contributed by atoms with E-state index in [4.69, 9.17) is 0 Å². The van der Waals surface area contributed by atoms with Crippen molar-refractivity contribution < 1.29 is 5.73 Å². The average molecular weight is 134 g/mol. The number of thiol groups is 1. The Balaban J connectivity index is 2.53. The molecule has 0 atom stereocenters. The van der Waals surface area contributed by atoms with Crippen molar-refractivity contribution in [2.75, 3.05) is 12.3 Å². The summed E-state index contributed by atoms with van der Waals surface area (Å²) in [5.41, 5.74) is 3.76. The summed E-state index contributed by atoms with van der Waals surface area (Å²) in [5, 5.41) is 0. The van der Waals surface area contributed by atoms with E-state index >= 15 is 0 Å². The number of quaternary nitrogens is 1. The first-order valence-corrected chi connectivity index (χ1v) is 3.95. The summed E-state index contributed by atoms with van der Waals surface area (Å²) in [7, 11) is 0. The second-order valence-electron chi connectivity index (χ2n) is 1.99. The summed E-state index contributed by atoms with van der Waals surface area (Å²) in [6.45, 7) is 1.09. The smallest absolute Gasteiger partial charge is 0.0739 e. The Morgan fingerprint density at radius 2 is 1.62 bits per heavy atom. The van der Waals surface area contributed by atoms with E-state index in [9.17, 15) is 0 Å². The third-order valence-corrected chi connectivity index (χ3v) is 1.47. The zero-order valence-electron chi connectivity index (χ0n) is 5.40. The lowest BCUT2D eigenvalue weighted by molar-refractivity contribution is -0.368. The van der Waals surface area contributed by atoms with Crippen LogP contribution >= 0.6 is 12.6 Å². The molecule has 0 unspecified atom stereocenters. The number of unbranched alkanes of at least 4 members (excludes halogenated alkanes) is 3. The lowest BCUT2D eigenvalue weighted by Gasteiger charge is -1.92. The van der Waals surface area contributed by atoms with Crippen LogP contribution in [0.4, 0.5) is 0 Å². The van der Waals surface area contributed by atoms with Gasteiger partial charge in [-0.05, 0) is 25.0 Å². The molecular formula is C6H16NS+. The highest BCUT2D eigenvalue weighted by atomic mass is 32.1. The van der Waals surface area contributed by atoms with Crippen LogP contribution in [0.1, 0.15) is 25.7 Å². The molecule has 0 spiro atoms. The van der Waals surface area contributed by atoms with Crippen molar-refractivity contribution in [1.29, 1.82) is 0 Å². The second kappa shape index (κ2) is 7.31. The van der Waals surface area contributed by atoms with Crippen molar-refractivity contribution in [2.45, 2.75) is 25.7 Å². The van der Waals surface area contributed by atoms with Gasteiger partial charge in [0.1, 0.15) is 0 Å². The molecule has 0 bridgehead atoms. The minimum atomic E-state index is 1.04. The highest BCUT2D eigenvalue weighted by Crippen LogP contribution is 1.98. The Bertz CT molecular complexity index is 33.5. The summed E-state index contributed by atoms with van der Waals surface area (Å²) < 4.78 is 0. The van der Waals surface area contributed by atoms with Gasteiger partial charge in [0.2, 0.25) is 0 Å². The third kappa shape index (κ3) is 6.31. The van der Waals surface area contributed by atoms with Gasteiger partial charge in [0, 0.05) is 0 Å². The second-order valence-corrected chi connectivity index (χ2v) is 2.44. The molecule has 8 heavy (non-hydrogen) atoms. The molecule has 50 valence electrons. The summed E-state index contributed by atoms with van der Waals surface area (Å²) in [5.74, 6) is 1.04. The van der Waals surface area contributed by atoms with Gasteiger partial charge in [-0.2, -0.15) is 12.6 Å². The van der Waals surface area contributed by atoms with Gasteiger partial charge in [-0.1, -0.05) is 6.42 Å². The molecule has 0 aromatic rings. The van der Waals surface area contributed by atoms with Gasteiger partial charge in [0.15, 0.2) is 0 Å². The molecule has 0 aliphatic heterocycles. The van der Waals surface area contributed by atoms with Crippen LogP contribution in [0, 0.1) is 0 Å². The molecule has 0 heterocycles. The van der Waals surface area contributed by atoms with Crippen molar-refractivity contribution >= 4 is 12.6 Å². The molecule has 0 radical (unpaired) electrons. The van der Waals surface area contributed by atoms with Gasteiger partial charge in [-0.3, -0.25) is 0 Å². The van der Waals surface area contributed by atoms with Crippen molar-refractivity contribution in [2.24, 2.45) is 0 Å². The highest BCUT2D eigenvalue weighted by Gasteiger charge is 1.85. The lowest BCUT2D eigenvalue weighted by atomic mass is 10.2. The highest BCUT2D eigenvalue weighted by molar-refractivity contribution is 7.80. The van der Waals surface area contributed by atoms with E-state index in [1.165, 1.54) is 25.7 Å². The van der Waals surface area contributed by atoms with Gasteiger partial charge in [-0.25, -0.2) is 0 Å². The number of hydrogen-bond acceptors (Lipinski definition) is 1. The van der Waals surface area contributed by atoms with Crippen molar-refractivity contribution in [1.82, 2.24) is 0 Å². The Labute approximate surface area is 57.1 Å². The van der Waals surface area contributed by atoms with Crippen LogP contribution in [0.5, 0.6) is 0 Å². The van der Waals surface area contributed by atoms with Gasteiger partial charge >= 0.3 is 0 Å². The van der Waals surface area contributed by atoms with Crippen LogP contribution in [-0.4, -0.2) is 12.3 Å². The third-order valence-electron chi connectivity index (χ3n) is 1.16. The minimum Gasteiger partial charge on any atom is -0.358 e. The SMILES string of the molecule is [NH3+]CCCCCCS. The summed E-state index contributed by atoms with van der Waals surface area (Å²) >= 11 is 4.11. The summed E-state index contributed by atoms with van der Waals surface area (Å²) in [6, 6.07) is 0. The van der Waals surface area contributed by atoms with Gasteiger partial charge in [0.05, 0.1) is 6.54 Å². The number of hydrogen-bond donors (Lipinski definition) is 2. The molecule has 1 nitrogen and oxygen atoms in total. The molecule has 0 aromatic carbocycles. The van der Waals surface area contributed by atoms with Crippen LogP contribution in [0.3, 0.4) is 0 Å². The van der Waals surface area contributed by atoms with Crippen molar-refractivity contribution in [3.05, 3.63) is 0 Å². The van der Waals surface area contributed by atoms with Crippen LogP contribution < -0.4 is 5.73 Å². The van der Waals surface area contributed by atoms with Gasteiger partial charge in [-0.15, -0.1) is 0 Å². The van der Waals surface area contributed by atoms with E-state index in [0.29, 0.717) is 0 Å². The van der Waals surface area contributed by atoms with E-state index in [0.717, 1.165) is 12.3 Å². The molecule has 0 aliphatic rings. The maximum atomic E-state index is 4.11. The molecule has 0 fully saturated rings. The van der Waals surface area contributed by atoms with Crippen LogP contribution in [-0.2, 0) is 0 Å². The fourth-order valence-electron chi connectivity index (χ4n) is 0.642. The van der Waals surface area contributed by atoms with E-state index < -0.39 is 0 Å². The Kier molecular flexibility index (Phi) is 7.59. The molecule has 0 saturated heterocycles. The Hall–Kier alpha value is 0.310. The first-order chi connectivity index (χ1) is 3.91. The molecule has 0 rings (SSSR count). The summed E-state index contributed by atoms with van der Waals surface area (Å²) in [6.07, 6.45) is 5.22. The average Bonchev–Trinajstić information content (AvgIpc) is 1.81. The van der Waals surface area contributed by atoms with E-state index in [1.54, 1.807) is 0 Å². The number of rotatable bonds is 5. The maximum Gasteiger partial charge on any atom is 0.0739 e. The van der Waals surface area contributed by atoms with Gasteiger partial charge in [0.25, 0.3) is 0 Å². The Morgan fingerprint density at radius 1 is 1.00 bits per heavy atom. The lowest BCUT2D eigenvalue weighted by Crippen LogP contribution is -2.50. The molecule has 0 aromatic heterocycles. The molecule has 0 amide bonds. The molecule has 0 saturated carbocycles. The topological polar surface area (TPSA) is 27.6 Å². The van der Waals surface area contributed by atoms with Crippen molar-refractivity contribution in [3.63, 3.8) is 0 Å². The van der Waals surface area contributed by atoms with E-state index in [-0.39, 0.29) is 0 Å². The summed E-state index contributed by atoms with van der Waals surface area (Å²) in [4.78, 5) is 0. The standard InChI is InChI=1S/C6H15NS/c7-5-3-1-2-4-6-8/h8H,1-7H2/p+1. The molecule has 3 N–H and O–H groups in total. The monoisotopic (exact) mass is 134 g/mol. The predicted octanol–water partition coefficient (Wildman–Crippen LogP) is 0.718. The Morgan fingerprint density at radius 3 is 2.12 bits per heavy atom. The van der Waals surface area contributed by atoms with Crippen LogP contribution in [0.2, 0.25) is 0 Å². The van der Waals surface area contributed by atoms with E-state index in [2.05, 4.69) is 18.4 Å². The minimum absolute atomic E-state index is 1.04. The molecular weight excluding hydrogens is 118 g/mol. The van der Waals surface area contributed by atoms with Crippen molar-refractivity contribution in [3.8, 4) is 0 Å². The molecule has 2 heteroatoms. The predicted molar refractivity (Wildman–Crippen MR) is 40.1 cm³/mol. The van der Waals surface area contributed by atoms with Gasteiger partial charge < -0.3 is 5.73 Å². The first kappa shape index (κ1) is 8.31. The maximum absolute atomic E-state index is 4.11. The quantitative estimate of drug-likeness (QED) is 0.409. The largest absolute Gasteiger partial charge is 0.358 e. The fraction of sp³-hybridized carbons (Fsp3) is 1.00. The zero-order valence-corrected chi connectivity index (χ0v) is 6.29.